The van der Waals surface area contributed by atoms with Crippen LogP contribution in [0.4, 0.5) is 0 Å². The van der Waals surface area contributed by atoms with Crippen molar-refractivity contribution < 1.29 is 4.79 Å². The maximum absolute atomic E-state index is 12.6. The zero-order valence-corrected chi connectivity index (χ0v) is 12.0. The van der Waals surface area contributed by atoms with E-state index in [1.807, 2.05) is 24.3 Å². The van der Waals surface area contributed by atoms with Crippen LogP contribution in [0, 0.1) is 6.92 Å². The summed E-state index contributed by atoms with van der Waals surface area (Å²) in [6.45, 7) is 6.37. The molecule has 0 amide bonds. The van der Waals surface area contributed by atoms with Gasteiger partial charge in [0.15, 0.2) is 5.78 Å². The molecule has 0 saturated carbocycles. The van der Waals surface area contributed by atoms with E-state index in [0.717, 1.165) is 22.3 Å². The summed E-state index contributed by atoms with van der Waals surface area (Å²) < 4.78 is 0. The Morgan fingerprint density at radius 3 is 2.42 bits per heavy atom. The normalized spacial score (nSPS) is 15.9. The minimum Gasteiger partial charge on any atom is -0.289 e. The maximum Gasteiger partial charge on any atom is 0.193 e. The van der Waals surface area contributed by atoms with E-state index < -0.39 is 0 Å². The maximum atomic E-state index is 12.6. The van der Waals surface area contributed by atoms with E-state index in [2.05, 4.69) is 26.8 Å². The van der Waals surface area contributed by atoms with Gasteiger partial charge in [0.05, 0.1) is 0 Å². The summed E-state index contributed by atoms with van der Waals surface area (Å²) in [5.74, 6) is 0.0758. The van der Waals surface area contributed by atoms with Crippen molar-refractivity contribution in [1.29, 1.82) is 0 Å². The molecule has 2 aromatic carbocycles. The Morgan fingerprint density at radius 2 is 1.68 bits per heavy atom. The summed E-state index contributed by atoms with van der Waals surface area (Å²) in [4.78, 5) is 12.6. The third-order valence-corrected chi connectivity index (χ3v) is 4.23. The Balaban J connectivity index is 2.36. The van der Waals surface area contributed by atoms with E-state index in [-0.39, 0.29) is 11.2 Å². The fourth-order valence-electron chi connectivity index (χ4n) is 2.91. The van der Waals surface area contributed by atoms with Crippen LogP contribution >= 0.6 is 11.6 Å². The zero-order valence-electron chi connectivity index (χ0n) is 11.3. The number of fused-ring (bicyclic) bond motifs is 2. The number of rotatable bonds is 0. The van der Waals surface area contributed by atoms with Crippen LogP contribution in [-0.4, -0.2) is 5.78 Å². The molecule has 96 valence electrons. The van der Waals surface area contributed by atoms with E-state index >= 15 is 0 Å². The van der Waals surface area contributed by atoms with Crippen LogP contribution in [0.3, 0.4) is 0 Å². The summed E-state index contributed by atoms with van der Waals surface area (Å²) in [6.07, 6.45) is 0. The molecule has 1 nitrogen and oxygen atoms in total. The quantitative estimate of drug-likeness (QED) is 0.688. The van der Waals surface area contributed by atoms with Gasteiger partial charge in [-0.05, 0) is 30.2 Å². The number of carbonyl (C=O) groups is 1. The van der Waals surface area contributed by atoms with Crippen LogP contribution in [0.2, 0.25) is 5.02 Å². The molecule has 1 aliphatic carbocycles. The molecule has 2 heteroatoms. The number of aryl methyl sites for hydroxylation is 1. The van der Waals surface area contributed by atoms with Crippen molar-refractivity contribution in [1.82, 2.24) is 0 Å². The van der Waals surface area contributed by atoms with Crippen LogP contribution in [0.15, 0.2) is 36.4 Å². The third kappa shape index (κ3) is 1.73. The smallest absolute Gasteiger partial charge is 0.193 e. The van der Waals surface area contributed by atoms with Gasteiger partial charge in [-0.15, -0.1) is 0 Å². The SMILES string of the molecule is Cc1ccc2c(c1)C(C)(C)c1ccc(Cl)cc1C2=O. The average Bonchev–Trinajstić information content (AvgIpc) is 2.36. The van der Waals surface area contributed by atoms with Gasteiger partial charge < -0.3 is 0 Å². The lowest BCUT2D eigenvalue weighted by molar-refractivity contribution is 0.103. The van der Waals surface area contributed by atoms with Crippen LogP contribution < -0.4 is 0 Å². The van der Waals surface area contributed by atoms with Crippen molar-refractivity contribution in [3.63, 3.8) is 0 Å². The summed E-state index contributed by atoms with van der Waals surface area (Å²) >= 11 is 6.04. The van der Waals surface area contributed by atoms with Gasteiger partial charge in [0, 0.05) is 21.6 Å². The van der Waals surface area contributed by atoms with Crippen LogP contribution in [0.1, 0.15) is 46.5 Å². The number of carbonyl (C=O) groups excluding carboxylic acids is 1. The Bertz CT molecular complexity index is 698. The van der Waals surface area contributed by atoms with Gasteiger partial charge >= 0.3 is 0 Å². The highest BCUT2D eigenvalue weighted by molar-refractivity contribution is 6.31. The Morgan fingerprint density at radius 1 is 0.947 bits per heavy atom. The first kappa shape index (κ1) is 12.4. The monoisotopic (exact) mass is 270 g/mol. The molecule has 1 aliphatic rings. The molecule has 0 aromatic heterocycles. The predicted molar refractivity (Wildman–Crippen MR) is 78.2 cm³/mol. The molecule has 3 rings (SSSR count). The second-order valence-electron chi connectivity index (χ2n) is 5.69. The molecule has 19 heavy (non-hydrogen) atoms. The van der Waals surface area contributed by atoms with Gasteiger partial charge in [0.25, 0.3) is 0 Å². The van der Waals surface area contributed by atoms with E-state index in [1.165, 1.54) is 5.56 Å². The molecular formula is C17H15ClO. The lowest BCUT2D eigenvalue weighted by Gasteiger charge is -2.34. The lowest BCUT2D eigenvalue weighted by Crippen LogP contribution is -2.30. The van der Waals surface area contributed by atoms with Crippen molar-refractivity contribution in [2.75, 3.05) is 0 Å². The largest absolute Gasteiger partial charge is 0.289 e. The Hall–Kier alpha value is -1.60. The molecule has 0 spiro atoms. The van der Waals surface area contributed by atoms with Crippen molar-refractivity contribution in [3.05, 3.63) is 69.2 Å². The molecule has 0 aliphatic heterocycles. The minimum absolute atomic E-state index is 0.0758. The number of ketones is 1. The number of halogens is 1. The highest BCUT2D eigenvalue weighted by Gasteiger charge is 2.36. The molecular weight excluding hydrogens is 256 g/mol. The van der Waals surface area contributed by atoms with Crippen LogP contribution in [0.5, 0.6) is 0 Å². The van der Waals surface area contributed by atoms with Gasteiger partial charge in [0.2, 0.25) is 0 Å². The number of benzene rings is 2. The molecule has 0 atom stereocenters. The average molecular weight is 271 g/mol. The second kappa shape index (κ2) is 3.94. The first-order valence-electron chi connectivity index (χ1n) is 6.37. The molecule has 0 bridgehead atoms. The van der Waals surface area contributed by atoms with E-state index in [4.69, 9.17) is 11.6 Å². The Labute approximate surface area is 118 Å². The van der Waals surface area contributed by atoms with Crippen LogP contribution in [0.25, 0.3) is 0 Å². The Kier molecular flexibility index (Phi) is 2.58. The zero-order chi connectivity index (χ0) is 13.8. The molecule has 0 unspecified atom stereocenters. The van der Waals surface area contributed by atoms with E-state index in [9.17, 15) is 4.79 Å². The van der Waals surface area contributed by atoms with Crippen molar-refractivity contribution >= 4 is 17.4 Å². The third-order valence-electron chi connectivity index (χ3n) is 3.99. The molecule has 0 fully saturated rings. The first-order chi connectivity index (χ1) is 8.91. The van der Waals surface area contributed by atoms with Crippen molar-refractivity contribution in [2.24, 2.45) is 0 Å². The summed E-state index contributed by atoms with van der Waals surface area (Å²) in [7, 11) is 0. The summed E-state index contributed by atoms with van der Waals surface area (Å²) in [5.41, 5.74) is 4.69. The molecule has 0 saturated heterocycles. The molecule has 0 heterocycles. The highest BCUT2D eigenvalue weighted by atomic mass is 35.5. The minimum atomic E-state index is -0.171. The van der Waals surface area contributed by atoms with Crippen molar-refractivity contribution in [3.8, 4) is 0 Å². The summed E-state index contributed by atoms with van der Waals surface area (Å²) in [6, 6.07) is 11.6. The fourth-order valence-corrected chi connectivity index (χ4v) is 3.08. The second-order valence-corrected chi connectivity index (χ2v) is 6.13. The van der Waals surface area contributed by atoms with Gasteiger partial charge in [-0.2, -0.15) is 0 Å². The first-order valence-corrected chi connectivity index (χ1v) is 6.75. The summed E-state index contributed by atoms with van der Waals surface area (Å²) in [5, 5.41) is 0.610. The fraction of sp³-hybridized carbons (Fsp3) is 0.235. The van der Waals surface area contributed by atoms with Gasteiger partial charge in [-0.1, -0.05) is 55.3 Å². The van der Waals surface area contributed by atoms with Crippen molar-refractivity contribution in [2.45, 2.75) is 26.2 Å². The molecule has 0 radical (unpaired) electrons. The lowest BCUT2D eigenvalue weighted by atomic mass is 9.68. The van der Waals surface area contributed by atoms with Crippen LogP contribution in [-0.2, 0) is 5.41 Å². The highest BCUT2D eigenvalue weighted by Crippen LogP contribution is 2.42. The van der Waals surface area contributed by atoms with Gasteiger partial charge in [-0.25, -0.2) is 0 Å². The van der Waals surface area contributed by atoms with Gasteiger partial charge in [0.1, 0.15) is 0 Å². The number of hydrogen-bond acceptors (Lipinski definition) is 1. The molecule has 0 N–H and O–H groups in total. The number of hydrogen-bond donors (Lipinski definition) is 0. The topological polar surface area (TPSA) is 17.1 Å². The standard InChI is InChI=1S/C17H15ClO/c1-10-4-6-12-15(8-10)17(2,3)14-7-5-11(18)9-13(14)16(12)19/h4-9H,1-3H3. The molecule has 2 aromatic rings. The van der Waals surface area contributed by atoms with E-state index in [0.29, 0.717) is 5.02 Å². The van der Waals surface area contributed by atoms with E-state index in [1.54, 1.807) is 6.07 Å². The van der Waals surface area contributed by atoms with Gasteiger partial charge in [-0.3, -0.25) is 4.79 Å². The predicted octanol–water partition coefficient (Wildman–Crippen LogP) is 4.52.